The van der Waals surface area contributed by atoms with E-state index in [2.05, 4.69) is 15.6 Å². The molecule has 0 bridgehead atoms. The summed E-state index contributed by atoms with van der Waals surface area (Å²) in [6, 6.07) is 8.78. The largest absolute Gasteiger partial charge is 0.350 e. The maximum atomic E-state index is 12.1. The van der Waals surface area contributed by atoms with Crippen LogP contribution in [0.15, 0.2) is 35.1 Å². The van der Waals surface area contributed by atoms with E-state index in [0.717, 1.165) is 5.39 Å². The quantitative estimate of drug-likeness (QED) is 0.762. The van der Waals surface area contributed by atoms with Gasteiger partial charge in [-0.05, 0) is 20.0 Å². The molecule has 5 nitrogen and oxygen atoms in total. The highest BCUT2D eigenvalue weighted by atomic mass is 16.2. The first-order valence-corrected chi connectivity index (χ1v) is 6.19. The van der Waals surface area contributed by atoms with Crippen LogP contribution in [0.1, 0.15) is 17.3 Å². The lowest BCUT2D eigenvalue weighted by Crippen LogP contribution is -2.37. The molecule has 0 saturated carbocycles. The van der Waals surface area contributed by atoms with Gasteiger partial charge in [0, 0.05) is 29.6 Å². The van der Waals surface area contributed by atoms with Crippen molar-refractivity contribution in [3.63, 3.8) is 0 Å². The Hall–Kier alpha value is -2.14. The molecule has 0 aliphatic rings. The molecule has 0 saturated heterocycles. The van der Waals surface area contributed by atoms with Gasteiger partial charge in [-0.25, -0.2) is 0 Å². The molecular weight excluding hydrogens is 242 g/mol. The van der Waals surface area contributed by atoms with Crippen LogP contribution in [-0.2, 0) is 0 Å². The predicted molar refractivity (Wildman–Crippen MR) is 75.4 cm³/mol. The molecule has 1 amide bonds. The zero-order valence-corrected chi connectivity index (χ0v) is 11.0. The monoisotopic (exact) mass is 259 g/mol. The van der Waals surface area contributed by atoms with Crippen molar-refractivity contribution < 1.29 is 4.79 Å². The van der Waals surface area contributed by atoms with Crippen LogP contribution < -0.4 is 16.2 Å². The van der Waals surface area contributed by atoms with E-state index in [4.69, 9.17) is 0 Å². The Morgan fingerprint density at radius 2 is 2.11 bits per heavy atom. The van der Waals surface area contributed by atoms with Crippen molar-refractivity contribution in [1.82, 2.24) is 15.6 Å². The summed E-state index contributed by atoms with van der Waals surface area (Å²) in [5.41, 5.74) is 0.801. The van der Waals surface area contributed by atoms with Crippen LogP contribution >= 0.6 is 0 Å². The number of hydrogen-bond acceptors (Lipinski definition) is 3. The van der Waals surface area contributed by atoms with Gasteiger partial charge in [-0.2, -0.15) is 0 Å². The first kappa shape index (κ1) is 13.3. The summed E-state index contributed by atoms with van der Waals surface area (Å²) in [7, 11) is 1.83. The number of nitrogens with one attached hydrogen (secondary N) is 3. The fraction of sp³-hybridized carbons (Fsp3) is 0.286. The molecule has 1 aromatic carbocycles. The number of hydrogen-bond donors (Lipinski definition) is 3. The Bertz CT molecular complexity index is 648. The van der Waals surface area contributed by atoms with E-state index in [0.29, 0.717) is 17.6 Å². The van der Waals surface area contributed by atoms with Crippen LogP contribution in [0.4, 0.5) is 0 Å². The van der Waals surface area contributed by atoms with E-state index in [9.17, 15) is 9.59 Å². The standard InChI is InChI=1S/C14H17N3O2/c1-9(15-2)8-16-14(19)11-7-13(18)17-12-6-4-3-5-10(11)12/h3-7,9,15H,8H2,1-2H3,(H,16,19)(H,17,18). The summed E-state index contributed by atoms with van der Waals surface area (Å²) in [5, 5.41) is 6.60. The van der Waals surface area contributed by atoms with Gasteiger partial charge in [0.15, 0.2) is 0 Å². The van der Waals surface area contributed by atoms with Crippen LogP contribution in [0.25, 0.3) is 10.9 Å². The smallest absolute Gasteiger partial charge is 0.252 e. The lowest BCUT2D eigenvalue weighted by atomic mass is 10.1. The molecule has 2 aromatic rings. The maximum absolute atomic E-state index is 12.1. The van der Waals surface area contributed by atoms with Gasteiger partial charge in [0.2, 0.25) is 5.56 Å². The van der Waals surface area contributed by atoms with Crippen molar-refractivity contribution >= 4 is 16.8 Å². The van der Waals surface area contributed by atoms with Crippen LogP contribution in [0.5, 0.6) is 0 Å². The molecule has 100 valence electrons. The average Bonchev–Trinajstić information content (AvgIpc) is 2.43. The SMILES string of the molecule is CNC(C)CNC(=O)c1cc(=O)[nH]c2ccccc12. The second-order valence-electron chi connectivity index (χ2n) is 4.49. The molecule has 1 aromatic heterocycles. The van der Waals surface area contributed by atoms with Crippen LogP contribution in [-0.4, -0.2) is 30.5 Å². The summed E-state index contributed by atoms with van der Waals surface area (Å²) in [5.74, 6) is -0.232. The number of aromatic amines is 1. The minimum absolute atomic E-state index is 0.178. The highest BCUT2D eigenvalue weighted by Crippen LogP contribution is 2.14. The number of carbonyl (C=O) groups is 1. The van der Waals surface area contributed by atoms with Crippen molar-refractivity contribution in [3.8, 4) is 0 Å². The first-order chi connectivity index (χ1) is 9.11. The molecule has 3 N–H and O–H groups in total. The van der Waals surface area contributed by atoms with Gasteiger partial charge in [0.05, 0.1) is 5.56 Å². The number of H-pyrrole nitrogens is 1. The third kappa shape index (κ3) is 3.00. The molecule has 0 aliphatic heterocycles. The zero-order valence-electron chi connectivity index (χ0n) is 11.0. The number of para-hydroxylation sites is 1. The van der Waals surface area contributed by atoms with E-state index in [1.165, 1.54) is 6.07 Å². The summed E-state index contributed by atoms with van der Waals surface area (Å²) in [6.45, 7) is 2.48. The summed E-state index contributed by atoms with van der Waals surface area (Å²) < 4.78 is 0. The number of fused-ring (bicyclic) bond motifs is 1. The second kappa shape index (κ2) is 5.67. The molecule has 0 spiro atoms. The van der Waals surface area contributed by atoms with Gasteiger partial charge < -0.3 is 15.6 Å². The Morgan fingerprint density at radius 1 is 1.37 bits per heavy atom. The average molecular weight is 259 g/mol. The molecule has 1 atom stereocenters. The maximum Gasteiger partial charge on any atom is 0.252 e. The van der Waals surface area contributed by atoms with E-state index in [1.807, 2.05) is 32.2 Å². The molecule has 2 rings (SSSR count). The molecular formula is C14H17N3O2. The minimum atomic E-state index is -0.273. The lowest BCUT2D eigenvalue weighted by molar-refractivity contribution is 0.0952. The molecule has 0 aliphatic carbocycles. The Morgan fingerprint density at radius 3 is 2.84 bits per heavy atom. The Labute approximate surface area is 111 Å². The molecule has 0 radical (unpaired) electrons. The zero-order chi connectivity index (χ0) is 13.8. The number of aromatic nitrogens is 1. The van der Waals surface area contributed by atoms with Gasteiger partial charge >= 0.3 is 0 Å². The second-order valence-corrected chi connectivity index (χ2v) is 4.49. The van der Waals surface area contributed by atoms with Crippen molar-refractivity contribution in [1.29, 1.82) is 0 Å². The molecule has 0 fully saturated rings. The molecule has 5 heteroatoms. The number of carbonyl (C=O) groups excluding carboxylic acids is 1. The van der Waals surface area contributed by atoms with Gasteiger partial charge in [0.25, 0.3) is 5.91 Å². The van der Waals surface area contributed by atoms with Crippen molar-refractivity contribution in [3.05, 3.63) is 46.2 Å². The lowest BCUT2D eigenvalue weighted by Gasteiger charge is -2.12. The number of rotatable bonds is 4. The number of pyridine rings is 1. The Balaban J connectivity index is 2.33. The predicted octanol–water partition coefficient (Wildman–Crippen LogP) is 0.866. The first-order valence-electron chi connectivity index (χ1n) is 6.19. The fourth-order valence-electron chi connectivity index (χ4n) is 1.84. The third-order valence-corrected chi connectivity index (χ3v) is 3.06. The molecule has 1 unspecified atom stereocenters. The van der Waals surface area contributed by atoms with E-state index in [-0.39, 0.29) is 17.5 Å². The Kier molecular flexibility index (Phi) is 3.97. The third-order valence-electron chi connectivity index (χ3n) is 3.06. The highest BCUT2D eigenvalue weighted by molar-refractivity contribution is 6.05. The van der Waals surface area contributed by atoms with Gasteiger partial charge in [-0.3, -0.25) is 9.59 Å². The van der Waals surface area contributed by atoms with Crippen LogP contribution in [0.2, 0.25) is 0 Å². The van der Waals surface area contributed by atoms with E-state index in [1.54, 1.807) is 6.07 Å². The van der Waals surface area contributed by atoms with Crippen LogP contribution in [0, 0.1) is 0 Å². The van der Waals surface area contributed by atoms with E-state index < -0.39 is 0 Å². The number of likely N-dealkylation sites (N-methyl/N-ethyl adjacent to an activating group) is 1. The fourth-order valence-corrected chi connectivity index (χ4v) is 1.84. The minimum Gasteiger partial charge on any atom is -0.350 e. The number of benzene rings is 1. The molecule has 19 heavy (non-hydrogen) atoms. The van der Waals surface area contributed by atoms with Crippen molar-refractivity contribution in [2.24, 2.45) is 0 Å². The van der Waals surface area contributed by atoms with Crippen LogP contribution in [0.3, 0.4) is 0 Å². The van der Waals surface area contributed by atoms with Crippen molar-refractivity contribution in [2.75, 3.05) is 13.6 Å². The van der Waals surface area contributed by atoms with E-state index >= 15 is 0 Å². The van der Waals surface area contributed by atoms with Gasteiger partial charge in [-0.15, -0.1) is 0 Å². The molecule has 1 heterocycles. The van der Waals surface area contributed by atoms with Crippen molar-refractivity contribution in [2.45, 2.75) is 13.0 Å². The normalized spacial score (nSPS) is 12.3. The summed E-state index contributed by atoms with van der Waals surface area (Å²) in [4.78, 5) is 26.4. The van der Waals surface area contributed by atoms with Gasteiger partial charge in [0.1, 0.15) is 0 Å². The summed E-state index contributed by atoms with van der Waals surface area (Å²) in [6.07, 6.45) is 0. The van der Waals surface area contributed by atoms with Gasteiger partial charge in [-0.1, -0.05) is 18.2 Å². The topological polar surface area (TPSA) is 74.0 Å². The highest BCUT2D eigenvalue weighted by Gasteiger charge is 2.11. The number of amides is 1. The summed E-state index contributed by atoms with van der Waals surface area (Å²) >= 11 is 0.